The van der Waals surface area contributed by atoms with Crippen LogP contribution in [-0.4, -0.2) is 28.8 Å². The van der Waals surface area contributed by atoms with E-state index in [4.69, 9.17) is 10.8 Å². The molecule has 0 aliphatic rings. The zero-order valence-corrected chi connectivity index (χ0v) is 16.1. The third kappa shape index (κ3) is 9.32. The summed E-state index contributed by atoms with van der Waals surface area (Å²) in [6, 6.07) is 6.22. The van der Waals surface area contributed by atoms with Gasteiger partial charge in [-0.15, -0.1) is 0 Å². The maximum atomic E-state index is 12.0. The maximum Gasteiger partial charge on any atom is 0.224 e. The molecule has 0 saturated carbocycles. The molecule has 0 bridgehead atoms. The number of carbonyl (C=O) groups excluding carboxylic acids is 1. The van der Waals surface area contributed by atoms with Crippen LogP contribution in [0.15, 0.2) is 24.3 Å². The zero-order valence-electron chi connectivity index (χ0n) is 16.1. The maximum absolute atomic E-state index is 12.0. The van der Waals surface area contributed by atoms with E-state index in [0.717, 1.165) is 12.8 Å². The Hall–Kier alpha value is -1.43. The van der Waals surface area contributed by atoms with Crippen molar-refractivity contribution in [2.24, 2.45) is 5.73 Å². The van der Waals surface area contributed by atoms with Crippen molar-refractivity contribution in [2.75, 3.05) is 11.9 Å². The highest BCUT2D eigenvalue weighted by atomic mass is 16.3. The van der Waals surface area contributed by atoms with Gasteiger partial charge in [-0.1, -0.05) is 70.4 Å². The monoisotopic (exact) mass is 364 g/mol. The SMILES string of the molecule is CCCCCCCCCCCC(=O)Nc1ccc(C(O)C(N)CO)cc1. The standard InChI is InChI=1S/C21H36N2O3/c1-2-3-4-5-6-7-8-9-10-11-20(25)23-18-14-12-17(13-15-18)21(26)19(22)16-24/h12-15,19,21,24,26H,2-11,16,22H2,1H3,(H,23,25). The van der Waals surface area contributed by atoms with Gasteiger partial charge in [-0.2, -0.15) is 0 Å². The number of amides is 1. The summed E-state index contributed by atoms with van der Waals surface area (Å²) in [5, 5.41) is 21.8. The number of unbranched alkanes of at least 4 members (excludes halogenated alkanes) is 8. The van der Waals surface area contributed by atoms with Crippen LogP contribution in [0, 0.1) is 0 Å². The molecule has 1 rings (SSSR count). The number of aliphatic hydroxyl groups is 2. The Kier molecular flexibility index (Phi) is 11.9. The summed E-state index contributed by atoms with van der Waals surface area (Å²) in [6.07, 6.45) is 10.7. The molecule has 1 amide bonds. The van der Waals surface area contributed by atoms with Crippen LogP contribution in [0.5, 0.6) is 0 Å². The molecule has 5 N–H and O–H groups in total. The van der Waals surface area contributed by atoms with Gasteiger partial charge in [0.2, 0.25) is 5.91 Å². The lowest BCUT2D eigenvalue weighted by atomic mass is 10.0. The normalized spacial score (nSPS) is 13.4. The molecule has 0 aliphatic carbocycles. The molecule has 0 spiro atoms. The van der Waals surface area contributed by atoms with Gasteiger partial charge < -0.3 is 21.3 Å². The topological polar surface area (TPSA) is 95.6 Å². The van der Waals surface area contributed by atoms with E-state index in [1.807, 2.05) is 0 Å². The second-order valence-corrected chi connectivity index (χ2v) is 7.04. The molecule has 0 aromatic heterocycles. The van der Waals surface area contributed by atoms with Gasteiger partial charge in [0.15, 0.2) is 0 Å². The van der Waals surface area contributed by atoms with Crippen LogP contribution in [0.2, 0.25) is 0 Å². The van der Waals surface area contributed by atoms with Crippen molar-refractivity contribution in [3.63, 3.8) is 0 Å². The van der Waals surface area contributed by atoms with Crippen LogP contribution in [0.3, 0.4) is 0 Å². The fraction of sp³-hybridized carbons (Fsp3) is 0.667. The molecule has 2 atom stereocenters. The molecule has 148 valence electrons. The number of aliphatic hydroxyl groups excluding tert-OH is 2. The second kappa shape index (κ2) is 13.7. The summed E-state index contributed by atoms with van der Waals surface area (Å²) < 4.78 is 0. The lowest BCUT2D eigenvalue weighted by molar-refractivity contribution is -0.116. The van der Waals surface area contributed by atoms with E-state index in [2.05, 4.69) is 12.2 Å². The van der Waals surface area contributed by atoms with E-state index in [1.54, 1.807) is 24.3 Å². The van der Waals surface area contributed by atoms with Crippen LogP contribution < -0.4 is 11.1 Å². The first-order chi connectivity index (χ1) is 12.6. The minimum Gasteiger partial charge on any atom is -0.395 e. The quantitative estimate of drug-likeness (QED) is 0.377. The first-order valence-corrected chi connectivity index (χ1v) is 10.0. The highest BCUT2D eigenvalue weighted by molar-refractivity contribution is 5.90. The van der Waals surface area contributed by atoms with Crippen molar-refractivity contribution in [3.05, 3.63) is 29.8 Å². The van der Waals surface area contributed by atoms with E-state index in [9.17, 15) is 9.90 Å². The highest BCUT2D eigenvalue weighted by Gasteiger charge is 2.15. The van der Waals surface area contributed by atoms with E-state index in [-0.39, 0.29) is 12.5 Å². The summed E-state index contributed by atoms with van der Waals surface area (Å²) in [6.45, 7) is 1.95. The molecule has 26 heavy (non-hydrogen) atoms. The van der Waals surface area contributed by atoms with Crippen LogP contribution in [-0.2, 0) is 4.79 Å². The molecule has 0 heterocycles. The Morgan fingerprint density at radius 1 is 1.00 bits per heavy atom. The van der Waals surface area contributed by atoms with Crippen molar-refractivity contribution >= 4 is 11.6 Å². The number of hydrogen-bond donors (Lipinski definition) is 4. The molecule has 1 aromatic carbocycles. The lowest BCUT2D eigenvalue weighted by Crippen LogP contribution is -2.31. The number of nitrogens with one attached hydrogen (secondary N) is 1. The third-order valence-electron chi connectivity index (χ3n) is 4.66. The summed E-state index contributed by atoms with van der Waals surface area (Å²) in [5.74, 6) is 0.0216. The Morgan fingerprint density at radius 2 is 1.54 bits per heavy atom. The summed E-state index contributed by atoms with van der Waals surface area (Å²) in [5.41, 5.74) is 6.95. The molecule has 0 aliphatic heterocycles. The van der Waals surface area contributed by atoms with Gasteiger partial charge in [-0.25, -0.2) is 0 Å². The van der Waals surface area contributed by atoms with E-state index < -0.39 is 12.1 Å². The Labute approximate surface area is 158 Å². The van der Waals surface area contributed by atoms with Crippen molar-refractivity contribution in [1.29, 1.82) is 0 Å². The second-order valence-electron chi connectivity index (χ2n) is 7.04. The third-order valence-corrected chi connectivity index (χ3v) is 4.66. The first kappa shape index (κ1) is 22.6. The average Bonchev–Trinajstić information content (AvgIpc) is 2.66. The Bertz CT molecular complexity index is 491. The van der Waals surface area contributed by atoms with Crippen LogP contribution in [0.25, 0.3) is 0 Å². The Balaban J connectivity index is 2.17. The molecule has 0 saturated heterocycles. The van der Waals surface area contributed by atoms with Gasteiger partial charge in [0.25, 0.3) is 0 Å². The van der Waals surface area contributed by atoms with Crippen molar-refractivity contribution < 1.29 is 15.0 Å². The van der Waals surface area contributed by atoms with Gasteiger partial charge in [-0.05, 0) is 24.1 Å². The minimum absolute atomic E-state index is 0.0216. The highest BCUT2D eigenvalue weighted by Crippen LogP contribution is 2.19. The fourth-order valence-electron chi connectivity index (χ4n) is 2.93. The van der Waals surface area contributed by atoms with Gasteiger partial charge in [0, 0.05) is 12.1 Å². The summed E-state index contributed by atoms with van der Waals surface area (Å²) >= 11 is 0. The van der Waals surface area contributed by atoms with Crippen molar-refractivity contribution in [3.8, 4) is 0 Å². The van der Waals surface area contributed by atoms with Crippen LogP contribution in [0.1, 0.15) is 82.8 Å². The average molecular weight is 365 g/mol. The minimum atomic E-state index is -0.910. The van der Waals surface area contributed by atoms with Gasteiger partial charge >= 0.3 is 0 Å². The van der Waals surface area contributed by atoms with Crippen LogP contribution in [0.4, 0.5) is 5.69 Å². The molecule has 2 unspecified atom stereocenters. The van der Waals surface area contributed by atoms with Gasteiger partial charge in [-0.3, -0.25) is 4.79 Å². The van der Waals surface area contributed by atoms with E-state index in [0.29, 0.717) is 17.7 Å². The molecule has 5 heteroatoms. The van der Waals surface area contributed by atoms with Crippen molar-refractivity contribution in [1.82, 2.24) is 0 Å². The predicted molar refractivity (Wildman–Crippen MR) is 107 cm³/mol. The number of carbonyl (C=O) groups is 1. The molecular weight excluding hydrogens is 328 g/mol. The lowest BCUT2D eigenvalue weighted by Gasteiger charge is -2.17. The number of rotatable bonds is 14. The fourth-order valence-corrected chi connectivity index (χ4v) is 2.93. The van der Waals surface area contributed by atoms with Crippen LogP contribution >= 0.6 is 0 Å². The van der Waals surface area contributed by atoms with Crippen molar-refractivity contribution in [2.45, 2.75) is 83.3 Å². The molecular formula is C21H36N2O3. The van der Waals surface area contributed by atoms with Gasteiger partial charge in [0.05, 0.1) is 18.8 Å². The number of nitrogens with two attached hydrogens (primary N) is 1. The largest absolute Gasteiger partial charge is 0.395 e. The number of anilines is 1. The predicted octanol–water partition coefficient (Wildman–Crippen LogP) is 3.90. The zero-order chi connectivity index (χ0) is 19.2. The molecule has 0 fully saturated rings. The number of benzene rings is 1. The number of hydrogen-bond acceptors (Lipinski definition) is 4. The smallest absolute Gasteiger partial charge is 0.224 e. The van der Waals surface area contributed by atoms with Gasteiger partial charge in [0.1, 0.15) is 0 Å². The molecule has 1 aromatic rings. The van der Waals surface area contributed by atoms with E-state index in [1.165, 1.54) is 44.9 Å². The molecule has 0 radical (unpaired) electrons. The summed E-state index contributed by atoms with van der Waals surface area (Å²) in [7, 11) is 0. The molecule has 5 nitrogen and oxygen atoms in total. The van der Waals surface area contributed by atoms with E-state index >= 15 is 0 Å². The first-order valence-electron chi connectivity index (χ1n) is 10.0. The Morgan fingerprint density at radius 3 is 2.08 bits per heavy atom. The summed E-state index contributed by atoms with van der Waals surface area (Å²) in [4.78, 5) is 12.0.